The van der Waals surface area contributed by atoms with E-state index in [1.165, 1.54) is 0 Å². The van der Waals surface area contributed by atoms with Gasteiger partial charge in [-0.15, -0.1) is 0 Å². The van der Waals surface area contributed by atoms with Crippen LogP contribution in [0.25, 0.3) is 0 Å². The topological polar surface area (TPSA) is 124 Å². The van der Waals surface area contributed by atoms with Crippen molar-refractivity contribution in [3.63, 3.8) is 0 Å². The number of aliphatic hydroxyl groups excluding tert-OH is 1. The van der Waals surface area contributed by atoms with Gasteiger partial charge in [0.25, 0.3) is 5.91 Å². The van der Waals surface area contributed by atoms with Gasteiger partial charge in [0.15, 0.2) is 11.4 Å². The van der Waals surface area contributed by atoms with Crippen molar-refractivity contribution in [2.24, 2.45) is 35.5 Å². The summed E-state index contributed by atoms with van der Waals surface area (Å²) < 4.78 is 0. The maximum absolute atomic E-state index is 13.1. The van der Waals surface area contributed by atoms with Crippen LogP contribution in [0.15, 0.2) is 35.1 Å². The number of carboxylic acids is 1. The number of carbonyl (C=O) groups is 3. The quantitative estimate of drug-likeness (QED) is 0.223. The second-order valence-electron chi connectivity index (χ2n) is 10.2. The van der Waals surface area contributed by atoms with Crippen molar-refractivity contribution in [2.75, 3.05) is 0 Å². The molecular weight excluding hydrogens is 410 g/mol. The third kappa shape index (κ3) is 4.27. The molecule has 7 heteroatoms. The third-order valence-corrected chi connectivity index (χ3v) is 7.68. The first-order valence-corrected chi connectivity index (χ1v) is 11.4. The zero-order valence-corrected chi connectivity index (χ0v) is 19.5. The molecule has 0 aromatic carbocycles. The van der Waals surface area contributed by atoms with Crippen molar-refractivity contribution < 1.29 is 29.7 Å². The number of Topliss-reactive ketones (excluding diaryl/α,β-unsaturated/α-hetero) is 1. The van der Waals surface area contributed by atoms with Crippen molar-refractivity contribution in [1.82, 2.24) is 5.32 Å². The number of nitrogens with one attached hydrogen (secondary N) is 1. The highest BCUT2D eigenvalue weighted by Crippen LogP contribution is 2.51. The molecule has 3 rings (SSSR count). The average Bonchev–Trinajstić information content (AvgIpc) is 2.98. The van der Waals surface area contributed by atoms with Gasteiger partial charge in [0.05, 0.1) is 6.04 Å². The summed E-state index contributed by atoms with van der Waals surface area (Å²) in [6.45, 7) is 9.40. The fourth-order valence-corrected chi connectivity index (χ4v) is 5.98. The largest absolute Gasteiger partial charge is 0.511 e. The van der Waals surface area contributed by atoms with E-state index in [-0.39, 0.29) is 29.1 Å². The van der Waals surface area contributed by atoms with Gasteiger partial charge in [-0.2, -0.15) is 0 Å². The Morgan fingerprint density at radius 1 is 1.22 bits per heavy atom. The van der Waals surface area contributed by atoms with Gasteiger partial charge in [-0.1, -0.05) is 37.6 Å². The average molecular weight is 446 g/mol. The summed E-state index contributed by atoms with van der Waals surface area (Å²) in [5, 5.41) is 33.2. The lowest BCUT2D eigenvalue weighted by Gasteiger charge is -2.47. The SMILES string of the molecule is C/C=C(\C)[C@H]1C=C[C@H]2C[C@@H](C)C[C@@H](C)[C@@H]2[C@H]1/C(O)=C1\C(=O)N[C@@H](C[C@](C)(O)C(=O)O)C1=O. The zero-order chi connectivity index (χ0) is 24.0. The van der Waals surface area contributed by atoms with Crippen LogP contribution in [-0.2, 0) is 14.4 Å². The molecule has 3 aliphatic rings. The Kier molecular flexibility index (Phi) is 6.70. The van der Waals surface area contributed by atoms with E-state index < -0.39 is 41.6 Å². The van der Waals surface area contributed by atoms with Crippen LogP contribution in [0.4, 0.5) is 0 Å². The maximum atomic E-state index is 13.1. The van der Waals surface area contributed by atoms with Crippen molar-refractivity contribution >= 4 is 17.7 Å². The fourth-order valence-electron chi connectivity index (χ4n) is 5.98. The first kappa shape index (κ1) is 24.2. The molecule has 4 N–H and O–H groups in total. The second kappa shape index (κ2) is 8.85. The minimum atomic E-state index is -2.17. The highest BCUT2D eigenvalue weighted by Gasteiger charge is 2.49. The lowest BCUT2D eigenvalue weighted by atomic mass is 9.57. The van der Waals surface area contributed by atoms with Gasteiger partial charge in [0, 0.05) is 18.3 Å². The predicted octanol–water partition coefficient (Wildman–Crippen LogP) is 3.16. The highest BCUT2D eigenvalue weighted by molar-refractivity contribution is 6.27. The van der Waals surface area contributed by atoms with Crippen LogP contribution in [0.3, 0.4) is 0 Å². The normalized spacial score (nSPS) is 38.7. The van der Waals surface area contributed by atoms with E-state index in [2.05, 4.69) is 31.3 Å². The molecule has 0 bridgehead atoms. The zero-order valence-electron chi connectivity index (χ0n) is 19.5. The summed E-state index contributed by atoms with van der Waals surface area (Å²) in [5.41, 5.74) is -1.41. The summed E-state index contributed by atoms with van der Waals surface area (Å²) in [4.78, 5) is 37.1. The molecule has 0 radical (unpaired) electrons. The van der Waals surface area contributed by atoms with Gasteiger partial charge >= 0.3 is 5.97 Å². The first-order chi connectivity index (χ1) is 14.9. The van der Waals surface area contributed by atoms with E-state index >= 15 is 0 Å². The lowest BCUT2D eigenvalue weighted by molar-refractivity contribution is -0.158. The number of carboxylic acid groups (broad SMARTS) is 1. The number of hydrogen-bond donors (Lipinski definition) is 4. The highest BCUT2D eigenvalue weighted by atomic mass is 16.4. The molecule has 1 heterocycles. The van der Waals surface area contributed by atoms with Crippen LogP contribution < -0.4 is 5.32 Å². The summed E-state index contributed by atoms with van der Waals surface area (Å²) >= 11 is 0. The molecule has 2 fully saturated rings. The Labute approximate surface area is 189 Å². The van der Waals surface area contributed by atoms with E-state index in [0.717, 1.165) is 25.3 Å². The van der Waals surface area contributed by atoms with E-state index in [9.17, 15) is 29.7 Å². The summed E-state index contributed by atoms with van der Waals surface area (Å²) in [6.07, 6.45) is 7.85. The maximum Gasteiger partial charge on any atom is 0.335 e. The monoisotopic (exact) mass is 445 g/mol. The molecule has 2 aliphatic carbocycles. The van der Waals surface area contributed by atoms with E-state index in [1.54, 1.807) is 0 Å². The molecular formula is C25H35NO6. The molecule has 1 saturated carbocycles. The number of ketones is 1. The molecule has 1 saturated heterocycles. The number of allylic oxidation sites excluding steroid dienone is 5. The molecule has 176 valence electrons. The number of fused-ring (bicyclic) bond motifs is 1. The summed E-state index contributed by atoms with van der Waals surface area (Å²) in [5.74, 6) is -2.39. The van der Waals surface area contributed by atoms with Crippen LogP contribution in [0.1, 0.15) is 53.9 Å². The lowest BCUT2D eigenvalue weighted by Crippen LogP contribution is -2.43. The Balaban J connectivity index is 2.04. The van der Waals surface area contributed by atoms with Gasteiger partial charge in [0.2, 0.25) is 0 Å². The van der Waals surface area contributed by atoms with Gasteiger partial charge in [-0.3, -0.25) is 9.59 Å². The van der Waals surface area contributed by atoms with Crippen LogP contribution in [0, 0.1) is 35.5 Å². The second-order valence-corrected chi connectivity index (χ2v) is 10.2. The minimum Gasteiger partial charge on any atom is -0.511 e. The Hall–Kier alpha value is -2.41. The van der Waals surface area contributed by atoms with Crippen LogP contribution in [0.2, 0.25) is 0 Å². The van der Waals surface area contributed by atoms with Gasteiger partial charge in [-0.05, 0) is 57.3 Å². The number of aliphatic carboxylic acids is 1. The van der Waals surface area contributed by atoms with Gasteiger partial charge < -0.3 is 20.6 Å². The number of rotatable bonds is 5. The Morgan fingerprint density at radius 2 is 1.88 bits per heavy atom. The standard InChI is InChI=1S/C25H35NO6/c1-6-13(3)16-8-7-15-10-12(2)9-14(4)18(15)19(16)22(28)20-21(27)17(26-23(20)29)11-25(5,32)24(30)31/h6-8,12,14-19,28,32H,9-11H2,1-5H3,(H,26,29)(H,30,31)/b13-6+,22-20+/t12-,14+,15-,16+,17-,18-,19-,25-/m0/s1. The molecule has 32 heavy (non-hydrogen) atoms. The number of carbonyl (C=O) groups excluding carboxylic acids is 2. The van der Waals surface area contributed by atoms with Crippen LogP contribution >= 0.6 is 0 Å². The molecule has 1 aliphatic heterocycles. The molecule has 1 amide bonds. The Bertz CT molecular complexity index is 898. The van der Waals surface area contributed by atoms with Gasteiger partial charge in [0.1, 0.15) is 11.3 Å². The summed E-state index contributed by atoms with van der Waals surface area (Å²) in [6, 6.07) is -1.19. The van der Waals surface area contributed by atoms with E-state index in [1.807, 2.05) is 19.9 Å². The fraction of sp³-hybridized carbons (Fsp3) is 0.640. The van der Waals surface area contributed by atoms with E-state index in [4.69, 9.17) is 0 Å². The molecule has 8 atom stereocenters. The van der Waals surface area contributed by atoms with Crippen molar-refractivity contribution in [2.45, 2.75) is 65.5 Å². The van der Waals surface area contributed by atoms with Crippen molar-refractivity contribution in [1.29, 1.82) is 0 Å². The molecule has 7 nitrogen and oxygen atoms in total. The first-order valence-electron chi connectivity index (χ1n) is 11.4. The summed E-state index contributed by atoms with van der Waals surface area (Å²) in [7, 11) is 0. The molecule has 0 spiro atoms. The molecule has 0 unspecified atom stereocenters. The smallest absolute Gasteiger partial charge is 0.335 e. The third-order valence-electron chi connectivity index (χ3n) is 7.68. The molecule has 0 aromatic rings. The predicted molar refractivity (Wildman–Crippen MR) is 120 cm³/mol. The van der Waals surface area contributed by atoms with Crippen LogP contribution in [-0.4, -0.2) is 44.6 Å². The molecule has 0 aromatic heterocycles. The van der Waals surface area contributed by atoms with Crippen LogP contribution in [0.5, 0.6) is 0 Å². The minimum absolute atomic E-state index is 0.0883. The number of hydrogen-bond acceptors (Lipinski definition) is 5. The number of aliphatic hydroxyl groups is 2. The van der Waals surface area contributed by atoms with Crippen molar-refractivity contribution in [3.05, 3.63) is 35.1 Å². The van der Waals surface area contributed by atoms with E-state index in [0.29, 0.717) is 11.8 Å². The van der Waals surface area contributed by atoms with Crippen molar-refractivity contribution in [3.8, 4) is 0 Å². The number of amides is 1. The Morgan fingerprint density at radius 3 is 2.47 bits per heavy atom. The van der Waals surface area contributed by atoms with Gasteiger partial charge in [-0.25, -0.2) is 4.79 Å².